The summed E-state index contributed by atoms with van der Waals surface area (Å²) >= 11 is 0. The molecule has 0 aliphatic carbocycles. The fourth-order valence-electron chi connectivity index (χ4n) is 4.64. The van der Waals surface area contributed by atoms with Gasteiger partial charge in [0.15, 0.2) is 0 Å². The van der Waals surface area contributed by atoms with Crippen molar-refractivity contribution in [3.05, 3.63) is 30.1 Å². The van der Waals surface area contributed by atoms with Gasteiger partial charge in [0.1, 0.15) is 0 Å². The Morgan fingerprint density at radius 3 is 3.25 bits per heavy atom. The Balaban J connectivity index is 1.39. The van der Waals surface area contributed by atoms with Crippen LogP contribution < -0.4 is 0 Å². The predicted octanol–water partition coefficient (Wildman–Crippen LogP) is 2.15. The second kappa shape index (κ2) is 8.19. The van der Waals surface area contributed by atoms with E-state index >= 15 is 0 Å². The molecule has 7 nitrogen and oxygen atoms in total. The molecule has 1 aromatic heterocycles. The monoisotopic (exact) mass is 386 g/mol. The van der Waals surface area contributed by atoms with Crippen LogP contribution in [-0.4, -0.2) is 84.8 Å². The molecule has 1 N–H and O–H groups in total. The zero-order chi connectivity index (χ0) is 19.6. The fourth-order valence-corrected chi connectivity index (χ4v) is 4.64. The summed E-state index contributed by atoms with van der Waals surface area (Å²) in [4.78, 5) is 24.7. The Labute approximate surface area is 166 Å². The number of methoxy groups -OCH3 is 1. The highest BCUT2D eigenvalue weighted by Crippen LogP contribution is 2.38. The number of amides is 1. The molecular weight excluding hydrogens is 356 g/mol. The van der Waals surface area contributed by atoms with Gasteiger partial charge in [0.2, 0.25) is 0 Å². The molecule has 152 valence electrons. The molecule has 28 heavy (non-hydrogen) atoms. The first-order valence-electron chi connectivity index (χ1n) is 10.1. The topological polar surface area (TPSA) is 70.7 Å². The van der Waals surface area contributed by atoms with E-state index < -0.39 is 0 Å². The van der Waals surface area contributed by atoms with Crippen molar-refractivity contribution in [3.63, 3.8) is 0 Å². The second-order valence-corrected chi connectivity index (χ2v) is 8.28. The number of carbonyl (C=O) groups excluding carboxylic acids is 1. The Morgan fingerprint density at radius 1 is 1.50 bits per heavy atom. The molecule has 3 heterocycles. The number of fused-ring (bicyclic) bond motifs is 1. The van der Waals surface area contributed by atoms with Crippen LogP contribution in [0.1, 0.15) is 29.6 Å². The number of imidazole rings is 1. The lowest BCUT2D eigenvalue weighted by Crippen LogP contribution is -2.50. The molecule has 0 radical (unpaired) electrons. The first-order chi connectivity index (χ1) is 13.6. The van der Waals surface area contributed by atoms with Crippen molar-refractivity contribution in [1.82, 2.24) is 19.8 Å². The molecule has 1 amide bonds. The van der Waals surface area contributed by atoms with Gasteiger partial charge in [-0.15, -0.1) is 0 Å². The van der Waals surface area contributed by atoms with Gasteiger partial charge < -0.3 is 24.3 Å². The third kappa shape index (κ3) is 4.06. The quantitative estimate of drug-likeness (QED) is 0.824. The molecule has 2 aliphatic rings. The van der Waals surface area contributed by atoms with E-state index in [1.54, 1.807) is 13.4 Å². The van der Waals surface area contributed by atoms with Crippen molar-refractivity contribution < 1.29 is 14.3 Å². The van der Waals surface area contributed by atoms with E-state index in [0.29, 0.717) is 18.0 Å². The van der Waals surface area contributed by atoms with E-state index in [1.807, 2.05) is 23.1 Å². The van der Waals surface area contributed by atoms with Gasteiger partial charge in [-0.2, -0.15) is 0 Å². The number of ether oxygens (including phenoxy) is 2. The number of nitrogens with one attached hydrogen (secondary N) is 1. The summed E-state index contributed by atoms with van der Waals surface area (Å²) in [6.07, 6.45) is 4.71. The van der Waals surface area contributed by atoms with Crippen molar-refractivity contribution >= 4 is 16.9 Å². The minimum absolute atomic E-state index is 0.0832. The maximum atomic E-state index is 13.1. The summed E-state index contributed by atoms with van der Waals surface area (Å²) in [6, 6.07) is 5.67. The lowest BCUT2D eigenvalue weighted by molar-refractivity contribution is -0.0450. The summed E-state index contributed by atoms with van der Waals surface area (Å²) in [5.41, 5.74) is 2.31. The normalized spacial score (nSPS) is 25.2. The number of likely N-dealkylation sites (N-methyl/N-ethyl adjacent to an activating group) is 1. The third-order valence-corrected chi connectivity index (χ3v) is 6.03. The maximum Gasteiger partial charge on any atom is 0.254 e. The molecule has 2 aromatic rings. The molecule has 7 heteroatoms. The number of aromatic amines is 1. The number of piperidine rings is 1. The molecule has 2 aliphatic heterocycles. The van der Waals surface area contributed by atoms with E-state index in [1.165, 1.54) is 0 Å². The van der Waals surface area contributed by atoms with Gasteiger partial charge >= 0.3 is 0 Å². The highest BCUT2D eigenvalue weighted by molar-refractivity contribution is 5.97. The number of hydrogen-bond donors (Lipinski definition) is 1. The molecule has 4 rings (SSSR count). The average molecular weight is 386 g/mol. The highest BCUT2D eigenvalue weighted by atomic mass is 16.5. The molecule has 1 spiro atoms. The summed E-state index contributed by atoms with van der Waals surface area (Å²) < 4.78 is 11.5. The van der Waals surface area contributed by atoms with Gasteiger partial charge in [-0.3, -0.25) is 4.79 Å². The van der Waals surface area contributed by atoms with Crippen LogP contribution in [-0.2, 0) is 9.47 Å². The average Bonchev–Trinajstić information content (AvgIpc) is 3.32. The van der Waals surface area contributed by atoms with E-state index in [9.17, 15) is 4.79 Å². The highest BCUT2D eigenvalue weighted by Gasteiger charge is 2.44. The predicted molar refractivity (Wildman–Crippen MR) is 107 cm³/mol. The van der Waals surface area contributed by atoms with Crippen LogP contribution in [0.15, 0.2) is 24.5 Å². The number of hydrogen-bond acceptors (Lipinski definition) is 5. The van der Waals surface area contributed by atoms with Gasteiger partial charge in [-0.25, -0.2) is 4.98 Å². The van der Waals surface area contributed by atoms with Gasteiger partial charge in [0.25, 0.3) is 5.91 Å². The van der Waals surface area contributed by atoms with Crippen molar-refractivity contribution in [2.24, 2.45) is 5.92 Å². The van der Waals surface area contributed by atoms with E-state index in [0.717, 1.165) is 63.1 Å². The largest absolute Gasteiger partial charge is 0.383 e. The van der Waals surface area contributed by atoms with Crippen molar-refractivity contribution in [3.8, 4) is 0 Å². The zero-order valence-electron chi connectivity index (χ0n) is 16.8. The Hall–Kier alpha value is -1.96. The van der Waals surface area contributed by atoms with Crippen LogP contribution in [0.25, 0.3) is 11.0 Å². The summed E-state index contributed by atoms with van der Waals surface area (Å²) in [5.74, 6) is 0.595. The van der Waals surface area contributed by atoms with Crippen LogP contribution in [0.2, 0.25) is 0 Å². The summed E-state index contributed by atoms with van der Waals surface area (Å²) in [7, 11) is 3.87. The third-order valence-electron chi connectivity index (χ3n) is 6.03. The number of carbonyl (C=O) groups is 1. The van der Waals surface area contributed by atoms with Gasteiger partial charge in [0.05, 0.1) is 36.2 Å². The number of aromatic nitrogens is 2. The van der Waals surface area contributed by atoms with Crippen LogP contribution in [0, 0.1) is 5.92 Å². The Kier molecular flexibility index (Phi) is 5.66. The molecule has 2 atom stereocenters. The lowest BCUT2D eigenvalue weighted by Gasteiger charge is -2.40. The van der Waals surface area contributed by atoms with Gasteiger partial charge in [-0.05, 0) is 50.4 Å². The van der Waals surface area contributed by atoms with Crippen molar-refractivity contribution in [2.45, 2.75) is 24.9 Å². The standard InChI is InChI=1S/C21H30N4O3/c1-24(8-9-27-2)12-16-11-21(28-13-16)6-3-7-25(14-21)20(26)17-4-5-18-19(10-17)23-15-22-18/h4-5,10,15-16H,3,6-9,11-14H2,1-2H3,(H,22,23)/t16-,21-/m1/s1. The second-order valence-electron chi connectivity index (χ2n) is 8.28. The molecule has 0 bridgehead atoms. The Morgan fingerprint density at radius 2 is 2.39 bits per heavy atom. The number of rotatable bonds is 6. The fraction of sp³-hybridized carbons (Fsp3) is 0.619. The van der Waals surface area contributed by atoms with Gasteiger partial charge in [-0.1, -0.05) is 0 Å². The van der Waals surface area contributed by atoms with E-state index in [-0.39, 0.29) is 11.5 Å². The number of H-pyrrole nitrogens is 1. The van der Waals surface area contributed by atoms with Crippen molar-refractivity contribution in [2.75, 3.05) is 53.6 Å². The lowest BCUT2D eigenvalue weighted by atomic mass is 9.86. The smallest absolute Gasteiger partial charge is 0.254 e. The molecule has 2 saturated heterocycles. The summed E-state index contributed by atoms with van der Waals surface area (Å²) in [5, 5.41) is 0. The zero-order valence-corrected chi connectivity index (χ0v) is 16.8. The first kappa shape index (κ1) is 19.4. The minimum Gasteiger partial charge on any atom is -0.383 e. The van der Waals surface area contributed by atoms with Crippen LogP contribution in [0.3, 0.4) is 0 Å². The van der Waals surface area contributed by atoms with E-state index in [2.05, 4.69) is 21.9 Å². The number of likely N-dealkylation sites (tertiary alicyclic amines) is 1. The maximum absolute atomic E-state index is 13.1. The number of benzene rings is 1. The van der Waals surface area contributed by atoms with Crippen LogP contribution >= 0.6 is 0 Å². The molecule has 0 saturated carbocycles. The molecular formula is C21H30N4O3. The SMILES string of the molecule is COCCN(C)C[C@@H]1CO[C@]2(CCCN(C(=O)c3ccc4nc[nH]c4c3)C2)C1. The Bertz CT molecular complexity index is 823. The molecule has 2 fully saturated rings. The molecule has 1 aromatic carbocycles. The van der Waals surface area contributed by atoms with Gasteiger partial charge in [0, 0.05) is 38.9 Å². The van der Waals surface area contributed by atoms with Crippen LogP contribution in [0.4, 0.5) is 0 Å². The molecule has 0 unspecified atom stereocenters. The summed E-state index contributed by atoms with van der Waals surface area (Å²) in [6.45, 7) is 4.95. The van der Waals surface area contributed by atoms with E-state index in [4.69, 9.17) is 9.47 Å². The minimum atomic E-state index is -0.182. The first-order valence-corrected chi connectivity index (χ1v) is 10.1. The van der Waals surface area contributed by atoms with Crippen molar-refractivity contribution in [1.29, 1.82) is 0 Å². The van der Waals surface area contributed by atoms with Crippen LogP contribution in [0.5, 0.6) is 0 Å². The number of nitrogens with zero attached hydrogens (tertiary/aromatic N) is 3.